The average molecular weight is 504 g/mol. The van der Waals surface area contributed by atoms with Crippen molar-refractivity contribution >= 4 is 11.8 Å². The predicted molar refractivity (Wildman–Crippen MR) is 121 cm³/mol. The fourth-order valence-electron chi connectivity index (χ4n) is 3.66. The third-order valence-electron chi connectivity index (χ3n) is 5.65. The summed E-state index contributed by atoms with van der Waals surface area (Å²) in [4.78, 5) is 31.9. The van der Waals surface area contributed by atoms with Crippen LogP contribution in [0.3, 0.4) is 0 Å². The van der Waals surface area contributed by atoms with Crippen LogP contribution in [-0.2, 0) is 22.3 Å². The maximum absolute atomic E-state index is 13.4. The fourth-order valence-corrected chi connectivity index (χ4v) is 3.66. The number of aromatic nitrogens is 2. The van der Waals surface area contributed by atoms with Crippen molar-refractivity contribution in [3.63, 3.8) is 0 Å². The minimum absolute atomic E-state index is 0.0227. The zero-order valence-electron chi connectivity index (χ0n) is 19.1. The number of halogens is 3. The molecule has 3 N–H and O–H groups in total. The van der Waals surface area contributed by atoms with Gasteiger partial charge in [0.25, 0.3) is 5.91 Å². The minimum Gasteiger partial charge on any atom is -0.497 e. The Morgan fingerprint density at radius 2 is 1.92 bits per heavy atom. The van der Waals surface area contributed by atoms with Gasteiger partial charge in [0.1, 0.15) is 34.0 Å². The summed E-state index contributed by atoms with van der Waals surface area (Å²) in [6.45, 7) is 0.458. The molecule has 1 atom stereocenters. The molecule has 190 valence electrons. The first kappa shape index (κ1) is 25.0. The van der Waals surface area contributed by atoms with Crippen LogP contribution in [0, 0.1) is 0 Å². The molecule has 3 aromatic rings. The second-order valence-electron chi connectivity index (χ2n) is 8.09. The average Bonchev–Trinajstić information content (AvgIpc) is 3.56. The number of aromatic amines is 1. The first-order valence-corrected chi connectivity index (χ1v) is 10.9. The molecule has 0 radical (unpaired) electrons. The van der Waals surface area contributed by atoms with Crippen molar-refractivity contribution in [2.45, 2.75) is 24.7 Å². The quantitative estimate of drug-likeness (QED) is 0.433. The van der Waals surface area contributed by atoms with E-state index in [1.165, 1.54) is 43.9 Å². The summed E-state index contributed by atoms with van der Waals surface area (Å²) in [5.41, 5.74) is -1.29. The number of rotatable bonds is 8. The highest BCUT2D eigenvalue weighted by Crippen LogP contribution is 2.40. The van der Waals surface area contributed by atoms with Gasteiger partial charge in [-0.3, -0.25) is 9.59 Å². The van der Waals surface area contributed by atoms with Crippen molar-refractivity contribution in [3.05, 3.63) is 71.8 Å². The molecule has 1 fully saturated rings. The molecule has 0 saturated carbocycles. The van der Waals surface area contributed by atoms with Gasteiger partial charge in [0.2, 0.25) is 5.91 Å². The smallest absolute Gasteiger partial charge is 0.420 e. The standard InChI is InChI=1S/C24H23F3N4O5/c1-34-17-6-7-20(18(10-17)24(25,26)27)36-16-4-2-15(3-5-16)11-29-22(33)23(8-9-35-13-23)31-21(32)19-12-28-14-30-19/h2-7,10,12,14H,8-9,11,13H2,1H3,(H,28,30)(H,29,33)(H,31,32). The second-order valence-corrected chi connectivity index (χ2v) is 8.09. The van der Waals surface area contributed by atoms with Crippen LogP contribution in [0.15, 0.2) is 55.0 Å². The summed E-state index contributed by atoms with van der Waals surface area (Å²) in [5.74, 6) is -1.01. The molecule has 0 spiro atoms. The highest BCUT2D eigenvalue weighted by molar-refractivity contribution is 5.98. The van der Waals surface area contributed by atoms with Crippen LogP contribution in [-0.4, -0.2) is 47.6 Å². The normalized spacial score (nSPS) is 17.4. The predicted octanol–water partition coefficient (Wildman–Crippen LogP) is 3.43. The number of carbonyl (C=O) groups excluding carboxylic acids is 2. The number of nitrogens with one attached hydrogen (secondary N) is 3. The molecular formula is C24H23F3N4O5. The number of ether oxygens (including phenoxy) is 3. The van der Waals surface area contributed by atoms with Crippen molar-refractivity contribution in [2.24, 2.45) is 0 Å². The molecule has 36 heavy (non-hydrogen) atoms. The lowest BCUT2D eigenvalue weighted by Crippen LogP contribution is -2.59. The van der Waals surface area contributed by atoms with Gasteiger partial charge >= 0.3 is 6.18 Å². The number of methoxy groups -OCH3 is 1. The van der Waals surface area contributed by atoms with Crippen LogP contribution < -0.4 is 20.1 Å². The Balaban J connectivity index is 1.40. The molecule has 1 aliphatic rings. The van der Waals surface area contributed by atoms with E-state index < -0.39 is 29.1 Å². The molecule has 0 aliphatic carbocycles. The molecule has 1 aliphatic heterocycles. The van der Waals surface area contributed by atoms with Gasteiger partial charge in [-0.1, -0.05) is 12.1 Å². The van der Waals surface area contributed by atoms with Crippen LogP contribution in [0.4, 0.5) is 13.2 Å². The van der Waals surface area contributed by atoms with Crippen LogP contribution in [0.5, 0.6) is 17.2 Å². The third-order valence-corrected chi connectivity index (χ3v) is 5.65. The molecular weight excluding hydrogens is 481 g/mol. The number of imidazole rings is 1. The van der Waals surface area contributed by atoms with E-state index in [1.807, 2.05) is 0 Å². The molecule has 1 aromatic heterocycles. The van der Waals surface area contributed by atoms with Crippen molar-refractivity contribution in [3.8, 4) is 17.2 Å². The molecule has 0 bridgehead atoms. The molecule has 4 rings (SSSR count). The zero-order chi connectivity index (χ0) is 25.8. The fraction of sp³-hybridized carbons (Fsp3) is 0.292. The van der Waals surface area contributed by atoms with E-state index >= 15 is 0 Å². The largest absolute Gasteiger partial charge is 0.497 e. The van der Waals surface area contributed by atoms with Gasteiger partial charge < -0.3 is 29.8 Å². The Kier molecular flexibility index (Phi) is 7.15. The van der Waals surface area contributed by atoms with Gasteiger partial charge in [0.15, 0.2) is 0 Å². The van der Waals surface area contributed by atoms with Crippen LogP contribution in [0.1, 0.15) is 28.0 Å². The summed E-state index contributed by atoms with van der Waals surface area (Å²) >= 11 is 0. The Morgan fingerprint density at radius 1 is 1.17 bits per heavy atom. The monoisotopic (exact) mass is 504 g/mol. The number of H-pyrrole nitrogens is 1. The number of hydrogen-bond donors (Lipinski definition) is 3. The van der Waals surface area contributed by atoms with E-state index in [9.17, 15) is 22.8 Å². The number of benzene rings is 2. The van der Waals surface area contributed by atoms with Gasteiger partial charge in [0.05, 0.1) is 26.2 Å². The number of nitrogens with zero attached hydrogens (tertiary/aromatic N) is 1. The van der Waals surface area contributed by atoms with Crippen LogP contribution in [0.2, 0.25) is 0 Å². The van der Waals surface area contributed by atoms with Crippen molar-refractivity contribution in [2.75, 3.05) is 20.3 Å². The highest BCUT2D eigenvalue weighted by atomic mass is 19.4. The Hall–Kier alpha value is -4.06. The number of amides is 2. The number of hydrogen-bond acceptors (Lipinski definition) is 6. The molecule has 12 heteroatoms. The maximum Gasteiger partial charge on any atom is 0.420 e. The molecule has 2 aromatic carbocycles. The minimum atomic E-state index is -4.62. The first-order valence-electron chi connectivity index (χ1n) is 10.9. The van der Waals surface area contributed by atoms with Gasteiger partial charge in [-0.15, -0.1) is 0 Å². The van der Waals surface area contributed by atoms with Crippen molar-refractivity contribution < 1.29 is 37.0 Å². The molecule has 1 unspecified atom stereocenters. The summed E-state index contributed by atoms with van der Waals surface area (Å²) in [6.07, 6.45) is -1.61. The van der Waals surface area contributed by atoms with Gasteiger partial charge in [-0.25, -0.2) is 4.98 Å². The number of carbonyl (C=O) groups is 2. The topological polar surface area (TPSA) is 115 Å². The SMILES string of the molecule is COc1ccc(Oc2ccc(CNC(=O)C3(NC(=O)c4cnc[nH]4)CCOC3)cc2)c(C(F)(F)F)c1. The van der Waals surface area contributed by atoms with Crippen molar-refractivity contribution in [1.29, 1.82) is 0 Å². The molecule has 1 saturated heterocycles. The summed E-state index contributed by atoms with van der Waals surface area (Å²) in [7, 11) is 1.28. The van der Waals surface area contributed by atoms with E-state index in [-0.39, 0.29) is 36.1 Å². The van der Waals surface area contributed by atoms with E-state index in [0.29, 0.717) is 18.6 Å². The van der Waals surface area contributed by atoms with E-state index in [0.717, 1.165) is 6.07 Å². The Labute approximate surface area is 204 Å². The summed E-state index contributed by atoms with van der Waals surface area (Å²) in [6, 6.07) is 9.67. The molecule has 9 nitrogen and oxygen atoms in total. The second kappa shape index (κ2) is 10.3. The maximum atomic E-state index is 13.4. The van der Waals surface area contributed by atoms with Crippen LogP contribution >= 0.6 is 0 Å². The Morgan fingerprint density at radius 3 is 2.53 bits per heavy atom. The van der Waals surface area contributed by atoms with Crippen LogP contribution in [0.25, 0.3) is 0 Å². The van der Waals surface area contributed by atoms with E-state index in [2.05, 4.69) is 20.6 Å². The number of alkyl halides is 3. The zero-order valence-corrected chi connectivity index (χ0v) is 19.1. The summed E-state index contributed by atoms with van der Waals surface area (Å²) in [5, 5.41) is 5.51. The van der Waals surface area contributed by atoms with Gasteiger partial charge in [0, 0.05) is 19.6 Å². The van der Waals surface area contributed by atoms with Crippen molar-refractivity contribution in [1.82, 2.24) is 20.6 Å². The highest BCUT2D eigenvalue weighted by Gasteiger charge is 2.44. The third kappa shape index (κ3) is 5.60. The Bertz CT molecular complexity index is 1210. The van der Waals surface area contributed by atoms with E-state index in [4.69, 9.17) is 14.2 Å². The lowest BCUT2D eigenvalue weighted by Gasteiger charge is -2.27. The first-order chi connectivity index (χ1) is 17.2. The summed E-state index contributed by atoms with van der Waals surface area (Å²) < 4.78 is 55.9. The molecule has 2 amide bonds. The lowest BCUT2D eigenvalue weighted by molar-refractivity contribution is -0.138. The van der Waals surface area contributed by atoms with Gasteiger partial charge in [-0.2, -0.15) is 13.2 Å². The lowest BCUT2D eigenvalue weighted by atomic mass is 9.97. The van der Waals surface area contributed by atoms with E-state index in [1.54, 1.807) is 12.1 Å². The van der Waals surface area contributed by atoms with Gasteiger partial charge in [-0.05, 0) is 35.9 Å². The molecule has 2 heterocycles.